The third kappa shape index (κ3) is 1.18. The van der Waals surface area contributed by atoms with Gasteiger partial charge in [0.05, 0.1) is 17.6 Å². The SMILES string of the molecule is COc1ccc(Cl)c2c1c(C)cn2C. The Morgan fingerprint density at radius 2 is 2.07 bits per heavy atom. The first-order valence-electron chi connectivity index (χ1n) is 4.43. The highest BCUT2D eigenvalue weighted by molar-refractivity contribution is 6.35. The molecule has 0 spiro atoms. The number of hydrogen-bond acceptors (Lipinski definition) is 1. The van der Waals surface area contributed by atoms with Crippen molar-refractivity contribution in [2.24, 2.45) is 7.05 Å². The van der Waals surface area contributed by atoms with Crippen molar-refractivity contribution in [2.75, 3.05) is 7.11 Å². The van der Waals surface area contributed by atoms with E-state index in [4.69, 9.17) is 16.3 Å². The number of fused-ring (bicyclic) bond motifs is 1. The topological polar surface area (TPSA) is 14.2 Å². The zero-order chi connectivity index (χ0) is 10.3. The maximum Gasteiger partial charge on any atom is 0.128 e. The number of rotatable bonds is 1. The number of aromatic nitrogens is 1. The van der Waals surface area contributed by atoms with E-state index in [1.807, 2.05) is 23.7 Å². The quantitative estimate of drug-likeness (QED) is 0.704. The summed E-state index contributed by atoms with van der Waals surface area (Å²) in [6.45, 7) is 2.06. The largest absolute Gasteiger partial charge is 0.496 e. The summed E-state index contributed by atoms with van der Waals surface area (Å²) in [5.41, 5.74) is 2.21. The average Bonchev–Trinajstić information content (AvgIpc) is 2.44. The zero-order valence-corrected chi connectivity index (χ0v) is 9.22. The number of nitrogens with zero attached hydrogens (tertiary/aromatic N) is 1. The number of benzene rings is 1. The standard InChI is InChI=1S/C11H12ClNO/c1-7-6-13(2)11-8(12)4-5-9(14-3)10(7)11/h4-6H,1-3H3. The molecule has 0 N–H and O–H groups in total. The molecule has 0 saturated carbocycles. The third-order valence-electron chi connectivity index (χ3n) is 2.44. The molecule has 0 amide bonds. The van der Waals surface area contributed by atoms with Crippen LogP contribution in [-0.2, 0) is 7.05 Å². The summed E-state index contributed by atoms with van der Waals surface area (Å²) < 4.78 is 7.33. The van der Waals surface area contributed by atoms with Gasteiger partial charge in [-0.2, -0.15) is 0 Å². The number of ether oxygens (including phenoxy) is 1. The van der Waals surface area contributed by atoms with Crippen LogP contribution in [0.2, 0.25) is 5.02 Å². The minimum absolute atomic E-state index is 0.761. The normalized spacial score (nSPS) is 10.9. The van der Waals surface area contributed by atoms with Crippen molar-refractivity contribution < 1.29 is 4.74 Å². The highest BCUT2D eigenvalue weighted by Crippen LogP contribution is 2.34. The van der Waals surface area contributed by atoms with Crippen molar-refractivity contribution in [2.45, 2.75) is 6.92 Å². The summed E-state index contributed by atoms with van der Waals surface area (Å²) in [5, 5.41) is 1.86. The van der Waals surface area contributed by atoms with E-state index >= 15 is 0 Å². The van der Waals surface area contributed by atoms with E-state index in [0.29, 0.717) is 0 Å². The molecule has 1 aromatic heterocycles. The lowest BCUT2D eigenvalue weighted by Gasteiger charge is -2.05. The highest BCUT2D eigenvalue weighted by Gasteiger charge is 2.11. The average molecular weight is 210 g/mol. The zero-order valence-electron chi connectivity index (χ0n) is 8.47. The molecule has 0 radical (unpaired) electrons. The molecule has 3 heteroatoms. The van der Waals surface area contributed by atoms with Gasteiger partial charge in [0.15, 0.2) is 0 Å². The number of halogens is 1. The van der Waals surface area contributed by atoms with Crippen molar-refractivity contribution >= 4 is 22.5 Å². The van der Waals surface area contributed by atoms with Gasteiger partial charge in [-0.3, -0.25) is 0 Å². The summed E-state index contributed by atoms with van der Waals surface area (Å²) in [7, 11) is 3.66. The van der Waals surface area contributed by atoms with Crippen LogP contribution in [0, 0.1) is 6.92 Å². The lowest BCUT2D eigenvalue weighted by atomic mass is 10.2. The fourth-order valence-electron chi connectivity index (χ4n) is 1.86. The summed E-state index contributed by atoms with van der Waals surface area (Å²) in [6, 6.07) is 3.76. The molecule has 0 aliphatic carbocycles. The van der Waals surface area contributed by atoms with Crippen molar-refractivity contribution in [1.29, 1.82) is 0 Å². The van der Waals surface area contributed by atoms with Gasteiger partial charge in [0.1, 0.15) is 5.75 Å². The fourth-order valence-corrected chi connectivity index (χ4v) is 2.15. The Balaban J connectivity index is 2.94. The van der Waals surface area contributed by atoms with Crippen molar-refractivity contribution in [3.05, 3.63) is 28.9 Å². The molecular formula is C11H12ClNO. The van der Waals surface area contributed by atoms with E-state index in [0.717, 1.165) is 21.7 Å². The molecule has 0 aliphatic heterocycles. The lowest BCUT2D eigenvalue weighted by Crippen LogP contribution is -1.87. The lowest BCUT2D eigenvalue weighted by molar-refractivity contribution is 0.419. The van der Waals surface area contributed by atoms with Gasteiger partial charge < -0.3 is 9.30 Å². The van der Waals surface area contributed by atoms with Gasteiger partial charge in [-0.05, 0) is 24.6 Å². The van der Waals surface area contributed by atoms with Gasteiger partial charge in [-0.15, -0.1) is 0 Å². The van der Waals surface area contributed by atoms with Crippen molar-refractivity contribution in [3.8, 4) is 5.75 Å². The first-order chi connectivity index (χ1) is 6.65. The third-order valence-corrected chi connectivity index (χ3v) is 2.75. The van der Waals surface area contributed by atoms with Crippen LogP contribution in [0.4, 0.5) is 0 Å². The Hall–Kier alpha value is -1.15. The first-order valence-corrected chi connectivity index (χ1v) is 4.81. The van der Waals surface area contributed by atoms with Crippen LogP contribution < -0.4 is 4.74 Å². The second-order valence-electron chi connectivity index (χ2n) is 3.40. The minimum Gasteiger partial charge on any atom is -0.496 e. The van der Waals surface area contributed by atoms with Crippen LogP contribution in [0.3, 0.4) is 0 Å². The number of methoxy groups -OCH3 is 1. The molecule has 0 atom stereocenters. The Bertz CT molecular complexity index is 487. The van der Waals surface area contributed by atoms with Gasteiger partial charge >= 0.3 is 0 Å². The van der Waals surface area contributed by atoms with E-state index in [-0.39, 0.29) is 0 Å². The molecule has 2 nitrogen and oxygen atoms in total. The first kappa shape index (κ1) is 9.41. The van der Waals surface area contributed by atoms with Crippen molar-refractivity contribution in [1.82, 2.24) is 4.57 Å². The van der Waals surface area contributed by atoms with Crippen molar-refractivity contribution in [3.63, 3.8) is 0 Å². The molecule has 0 saturated heterocycles. The molecule has 2 aromatic rings. The Labute approximate surface area is 88.0 Å². The van der Waals surface area contributed by atoms with Gasteiger partial charge in [-0.25, -0.2) is 0 Å². The molecule has 14 heavy (non-hydrogen) atoms. The smallest absolute Gasteiger partial charge is 0.128 e. The summed E-state index contributed by atoms with van der Waals surface area (Å²) in [4.78, 5) is 0. The Morgan fingerprint density at radius 3 is 2.71 bits per heavy atom. The van der Waals surface area contributed by atoms with Crippen LogP contribution in [0.1, 0.15) is 5.56 Å². The Kier molecular flexibility index (Phi) is 2.16. The number of aryl methyl sites for hydroxylation is 2. The van der Waals surface area contributed by atoms with Crippen LogP contribution in [0.5, 0.6) is 5.75 Å². The van der Waals surface area contributed by atoms with Gasteiger partial charge in [0, 0.05) is 18.6 Å². The molecule has 0 aliphatic rings. The fraction of sp³-hybridized carbons (Fsp3) is 0.273. The summed E-state index contributed by atoms with van der Waals surface area (Å²) in [6.07, 6.45) is 2.05. The second kappa shape index (κ2) is 3.21. The summed E-state index contributed by atoms with van der Waals surface area (Å²) >= 11 is 6.13. The van der Waals surface area contributed by atoms with Gasteiger partial charge in [0.2, 0.25) is 0 Å². The monoisotopic (exact) mass is 209 g/mol. The van der Waals surface area contributed by atoms with Gasteiger partial charge in [-0.1, -0.05) is 11.6 Å². The van der Waals surface area contributed by atoms with E-state index in [9.17, 15) is 0 Å². The van der Waals surface area contributed by atoms with E-state index in [1.54, 1.807) is 7.11 Å². The van der Waals surface area contributed by atoms with Gasteiger partial charge in [0.25, 0.3) is 0 Å². The highest BCUT2D eigenvalue weighted by atomic mass is 35.5. The maximum absolute atomic E-state index is 6.13. The second-order valence-corrected chi connectivity index (χ2v) is 3.80. The molecule has 2 rings (SSSR count). The summed E-state index contributed by atoms with van der Waals surface area (Å²) in [5.74, 6) is 0.877. The molecule has 0 bridgehead atoms. The van der Waals surface area contributed by atoms with Crippen LogP contribution in [-0.4, -0.2) is 11.7 Å². The van der Waals surface area contributed by atoms with Crippen LogP contribution in [0.15, 0.2) is 18.3 Å². The molecule has 0 fully saturated rings. The minimum atomic E-state index is 0.761. The van der Waals surface area contributed by atoms with Crippen LogP contribution in [0.25, 0.3) is 10.9 Å². The molecule has 0 unspecified atom stereocenters. The predicted octanol–water partition coefficient (Wildman–Crippen LogP) is 3.15. The van der Waals surface area contributed by atoms with E-state index in [1.165, 1.54) is 5.56 Å². The van der Waals surface area contributed by atoms with Crippen LogP contribution >= 0.6 is 11.6 Å². The number of hydrogen-bond donors (Lipinski definition) is 0. The van der Waals surface area contributed by atoms with E-state index in [2.05, 4.69) is 13.1 Å². The molecule has 1 heterocycles. The van der Waals surface area contributed by atoms with E-state index < -0.39 is 0 Å². The predicted molar refractivity (Wildman–Crippen MR) is 59.2 cm³/mol. The molecule has 1 aromatic carbocycles. The maximum atomic E-state index is 6.13. The Morgan fingerprint density at radius 1 is 1.36 bits per heavy atom. The molecular weight excluding hydrogens is 198 g/mol. The molecule has 74 valence electrons.